The standard InChI is InChI=1S/C10H12N4O4/c15-1-5-6(16)7(17)8(18-5)10-2-11-3-12-9(10)13-4-14-10/h2-8,15-17H,1H2/t5-,6-,7+,8?,10?/m1/s1. The third-order valence-electron chi connectivity index (χ3n) is 3.30. The molecule has 0 aromatic rings. The fourth-order valence-corrected chi connectivity index (χ4v) is 2.34. The molecule has 3 rings (SSSR count). The third kappa shape index (κ3) is 1.40. The SMILES string of the molecule is OC[C@H]1OC(C23C=NC=NC2=NC=N3)[C@@H](O)[C@@H]1O. The molecule has 8 nitrogen and oxygen atoms in total. The quantitative estimate of drug-likeness (QED) is 0.514. The minimum Gasteiger partial charge on any atom is -0.394 e. The van der Waals surface area contributed by atoms with E-state index in [1.165, 1.54) is 18.9 Å². The lowest BCUT2D eigenvalue weighted by Crippen LogP contribution is -2.53. The zero-order valence-electron chi connectivity index (χ0n) is 9.29. The summed E-state index contributed by atoms with van der Waals surface area (Å²) in [4.78, 5) is 16.0. The van der Waals surface area contributed by atoms with Gasteiger partial charge >= 0.3 is 0 Å². The van der Waals surface area contributed by atoms with Crippen molar-refractivity contribution in [3.8, 4) is 0 Å². The van der Waals surface area contributed by atoms with Crippen LogP contribution in [0.5, 0.6) is 0 Å². The first-order chi connectivity index (χ1) is 8.69. The highest BCUT2D eigenvalue weighted by atomic mass is 16.6. The maximum atomic E-state index is 10.0. The van der Waals surface area contributed by atoms with Crippen molar-refractivity contribution >= 4 is 24.7 Å². The Hall–Kier alpha value is -1.48. The monoisotopic (exact) mass is 252 g/mol. The van der Waals surface area contributed by atoms with Gasteiger partial charge in [-0.3, -0.25) is 0 Å². The number of nitrogens with zero attached hydrogens (tertiary/aromatic N) is 4. The molecule has 3 aliphatic heterocycles. The molecular weight excluding hydrogens is 240 g/mol. The summed E-state index contributed by atoms with van der Waals surface area (Å²) in [6.45, 7) is -0.387. The molecule has 0 amide bonds. The number of rotatable bonds is 2. The molecule has 18 heavy (non-hydrogen) atoms. The topological polar surface area (TPSA) is 119 Å². The molecular formula is C10H12N4O4. The van der Waals surface area contributed by atoms with E-state index in [0.29, 0.717) is 5.84 Å². The highest BCUT2D eigenvalue weighted by Crippen LogP contribution is 2.34. The summed E-state index contributed by atoms with van der Waals surface area (Å²) in [5, 5.41) is 28.9. The lowest BCUT2D eigenvalue weighted by Gasteiger charge is -2.30. The minimum absolute atomic E-state index is 0.354. The number of aliphatic hydroxyl groups is 3. The summed E-state index contributed by atoms with van der Waals surface area (Å²) in [5.74, 6) is 0.354. The Morgan fingerprint density at radius 3 is 2.83 bits per heavy atom. The zero-order valence-corrected chi connectivity index (χ0v) is 9.29. The van der Waals surface area contributed by atoms with Gasteiger partial charge in [-0.2, -0.15) is 0 Å². The molecule has 0 radical (unpaired) electrons. The molecule has 96 valence electrons. The van der Waals surface area contributed by atoms with Crippen LogP contribution in [0, 0.1) is 0 Å². The second kappa shape index (κ2) is 4.02. The summed E-state index contributed by atoms with van der Waals surface area (Å²) >= 11 is 0. The normalized spacial score (nSPS) is 45.4. The van der Waals surface area contributed by atoms with Gasteiger partial charge < -0.3 is 20.1 Å². The van der Waals surface area contributed by atoms with E-state index >= 15 is 0 Å². The van der Waals surface area contributed by atoms with Crippen molar-refractivity contribution in [3.63, 3.8) is 0 Å². The van der Waals surface area contributed by atoms with Crippen LogP contribution < -0.4 is 0 Å². The summed E-state index contributed by atoms with van der Waals surface area (Å²) < 4.78 is 5.47. The maximum Gasteiger partial charge on any atom is 0.185 e. The van der Waals surface area contributed by atoms with Crippen LogP contribution in [-0.2, 0) is 4.74 Å². The first-order valence-electron chi connectivity index (χ1n) is 5.50. The summed E-state index contributed by atoms with van der Waals surface area (Å²) in [5.41, 5.74) is -1.11. The average molecular weight is 252 g/mol. The van der Waals surface area contributed by atoms with Crippen molar-refractivity contribution in [1.29, 1.82) is 0 Å². The molecule has 3 N–H and O–H groups in total. The molecule has 1 saturated heterocycles. The number of amidine groups is 1. The van der Waals surface area contributed by atoms with E-state index in [1.54, 1.807) is 0 Å². The predicted octanol–water partition coefficient (Wildman–Crippen LogP) is -2.24. The molecule has 0 saturated carbocycles. The van der Waals surface area contributed by atoms with E-state index < -0.39 is 30.0 Å². The van der Waals surface area contributed by atoms with Crippen LogP contribution in [0.15, 0.2) is 20.0 Å². The number of aliphatic hydroxyl groups excluding tert-OH is 3. The van der Waals surface area contributed by atoms with Gasteiger partial charge in [0.1, 0.15) is 37.1 Å². The Morgan fingerprint density at radius 2 is 2.11 bits per heavy atom. The van der Waals surface area contributed by atoms with Crippen molar-refractivity contribution in [2.45, 2.75) is 30.0 Å². The number of aliphatic imine (C=N–C) groups is 4. The Kier molecular flexibility index (Phi) is 2.59. The molecule has 0 aromatic heterocycles. The Balaban J connectivity index is 1.96. The molecule has 3 heterocycles. The van der Waals surface area contributed by atoms with Gasteiger partial charge in [0.25, 0.3) is 0 Å². The highest BCUT2D eigenvalue weighted by molar-refractivity contribution is 6.18. The van der Waals surface area contributed by atoms with Crippen molar-refractivity contribution < 1.29 is 20.1 Å². The van der Waals surface area contributed by atoms with E-state index in [0.717, 1.165) is 0 Å². The second-order valence-electron chi connectivity index (χ2n) is 4.30. The molecule has 5 atom stereocenters. The first kappa shape index (κ1) is 11.6. The number of ether oxygens (including phenoxy) is 1. The van der Waals surface area contributed by atoms with Crippen LogP contribution in [0.2, 0.25) is 0 Å². The highest BCUT2D eigenvalue weighted by Gasteiger charge is 2.56. The van der Waals surface area contributed by atoms with Gasteiger partial charge in [-0.15, -0.1) is 0 Å². The number of fused-ring (bicyclic) bond motifs is 1. The van der Waals surface area contributed by atoms with E-state index in [2.05, 4.69) is 20.0 Å². The van der Waals surface area contributed by atoms with Crippen molar-refractivity contribution in [2.24, 2.45) is 20.0 Å². The summed E-state index contributed by atoms with van der Waals surface area (Å²) in [7, 11) is 0. The Bertz CT molecular complexity index is 474. The van der Waals surface area contributed by atoms with Gasteiger partial charge in [0.15, 0.2) is 11.4 Å². The molecule has 0 spiro atoms. The van der Waals surface area contributed by atoms with Crippen LogP contribution in [0.25, 0.3) is 0 Å². The van der Waals surface area contributed by atoms with Crippen molar-refractivity contribution in [2.75, 3.05) is 6.61 Å². The molecule has 0 aromatic carbocycles. The van der Waals surface area contributed by atoms with Crippen LogP contribution in [-0.4, -0.2) is 76.6 Å². The molecule has 8 heteroatoms. The molecule has 0 aliphatic carbocycles. The molecule has 1 fully saturated rings. The average Bonchev–Trinajstić information content (AvgIpc) is 2.93. The fraction of sp³-hybridized carbons (Fsp3) is 0.600. The smallest absolute Gasteiger partial charge is 0.185 e. The predicted molar refractivity (Wildman–Crippen MR) is 63.4 cm³/mol. The van der Waals surface area contributed by atoms with Crippen LogP contribution in [0.1, 0.15) is 0 Å². The van der Waals surface area contributed by atoms with Gasteiger partial charge in [-0.1, -0.05) is 0 Å². The van der Waals surface area contributed by atoms with E-state index in [-0.39, 0.29) is 6.61 Å². The van der Waals surface area contributed by atoms with E-state index in [4.69, 9.17) is 9.84 Å². The van der Waals surface area contributed by atoms with Crippen LogP contribution >= 0.6 is 0 Å². The fourth-order valence-electron chi connectivity index (χ4n) is 2.34. The zero-order chi connectivity index (χ0) is 12.8. The lowest BCUT2D eigenvalue weighted by atomic mass is 9.88. The summed E-state index contributed by atoms with van der Waals surface area (Å²) in [6.07, 6.45) is 0.0289. The van der Waals surface area contributed by atoms with Gasteiger partial charge in [0.2, 0.25) is 0 Å². The number of hydrogen-bond donors (Lipinski definition) is 3. The van der Waals surface area contributed by atoms with Crippen molar-refractivity contribution in [1.82, 2.24) is 0 Å². The third-order valence-corrected chi connectivity index (χ3v) is 3.30. The molecule has 2 unspecified atom stereocenters. The minimum atomic E-state index is -1.19. The summed E-state index contributed by atoms with van der Waals surface area (Å²) in [6, 6.07) is 0. The van der Waals surface area contributed by atoms with Gasteiger partial charge in [0.05, 0.1) is 6.61 Å². The van der Waals surface area contributed by atoms with Gasteiger partial charge in [-0.05, 0) is 0 Å². The van der Waals surface area contributed by atoms with E-state index in [1.807, 2.05) is 0 Å². The van der Waals surface area contributed by atoms with Crippen LogP contribution in [0.3, 0.4) is 0 Å². The lowest BCUT2D eigenvalue weighted by molar-refractivity contribution is -0.0281. The number of hydrogen-bond acceptors (Lipinski definition) is 8. The van der Waals surface area contributed by atoms with Crippen LogP contribution in [0.4, 0.5) is 0 Å². The first-order valence-corrected chi connectivity index (χ1v) is 5.50. The van der Waals surface area contributed by atoms with E-state index in [9.17, 15) is 10.2 Å². The Morgan fingerprint density at radius 1 is 1.28 bits per heavy atom. The van der Waals surface area contributed by atoms with Gasteiger partial charge in [-0.25, -0.2) is 20.0 Å². The molecule has 0 bridgehead atoms. The largest absolute Gasteiger partial charge is 0.394 e. The maximum absolute atomic E-state index is 10.0. The Labute approximate surface area is 102 Å². The van der Waals surface area contributed by atoms with Gasteiger partial charge in [0, 0.05) is 6.21 Å². The van der Waals surface area contributed by atoms with Crippen molar-refractivity contribution in [3.05, 3.63) is 0 Å². The second-order valence-corrected chi connectivity index (χ2v) is 4.30. The molecule has 3 aliphatic rings.